The van der Waals surface area contributed by atoms with Crippen molar-refractivity contribution in [2.24, 2.45) is 5.41 Å². The number of hydrogen-bond donors (Lipinski definition) is 2. The molecule has 0 aliphatic carbocycles. The van der Waals surface area contributed by atoms with E-state index < -0.39 is 17.4 Å². The zero-order chi connectivity index (χ0) is 25.5. The minimum absolute atomic E-state index is 0.240. The van der Waals surface area contributed by atoms with Crippen molar-refractivity contribution in [2.75, 3.05) is 65.4 Å². The molecule has 2 N–H and O–H groups in total. The molecular weight excluding hydrogens is 464 g/mol. The summed E-state index contributed by atoms with van der Waals surface area (Å²) in [4.78, 5) is 44.0. The van der Waals surface area contributed by atoms with E-state index in [0.717, 1.165) is 45.7 Å². The number of carboxylic acids is 2. The number of carbonyl (C=O) groups excluding carboxylic acids is 1. The number of ether oxygens (including phenoxy) is 1. The Kier molecular flexibility index (Phi) is 8.81. The van der Waals surface area contributed by atoms with E-state index in [1.165, 1.54) is 5.56 Å². The Labute approximate surface area is 212 Å². The monoisotopic (exact) mass is 502 g/mol. The summed E-state index contributed by atoms with van der Waals surface area (Å²) in [5.41, 5.74) is 0.146. The average Bonchev–Trinajstić information content (AvgIpc) is 3.20. The minimum Gasteiger partial charge on any atom is -0.481 e. The van der Waals surface area contributed by atoms with E-state index >= 15 is 0 Å². The molecular formula is C26H38N4O6. The fraction of sp³-hybridized carbons (Fsp3) is 0.654. The van der Waals surface area contributed by atoms with Crippen molar-refractivity contribution in [3.63, 3.8) is 0 Å². The van der Waals surface area contributed by atoms with Gasteiger partial charge in [0.25, 0.3) is 0 Å². The van der Waals surface area contributed by atoms with Crippen molar-refractivity contribution in [3.8, 4) is 0 Å². The maximum absolute atomic E-state index is 12.4. The van der Waals surface area contributed by atoms with E-state index in [1.54, 1.807) is 4.90 Å². The lowest BCUT2D eigenvalue weighted by Crippen LogP contribution is -2.47. The fourth-order valence-electron chi connectivity index (χ4n) is 5.56. The third-order valence-corrected chi connectivity index (χ3v) is 7.78. The quantitative estimate of drug-likeness (QED) is 0.466. The van der Waals surface area contributed by atoms with Crippen LogP contribution < -0.4 is 0 Å². The molecule has 0 radical (unpaired) electrons. The van der Waals surface area contributed by atoms with Crippen LogP contribution in [0, 0.1) is 5.41 Å². The number of piperazine rings is 1. The summed E-state index contributed by atoms with van der Waals surface area (Å²) in [6.07, 6.45) is 0.603. The van der Waals surface area contributed by atoms with Crippen LogP contribution >= 0.6 is 0 Å². The summed E-state index contributed by atoms with van der Waals surface area (Å²) in [5, 5.41) is 18.7. The summed E-state index contributed by atoms with van der Waals surface area (Å²) < 4.78 is 5.57. The van der Waals surface area contributed by atoms with E-state index in [0.29, 0.717) is 32.7 Å². The van der Waals surface area contributed by atoms with Crippen LogP contribution in [0.25, 0.3) is 0 Å². The van der Waals surface area contributed by atoms with Crippen LogP contribution in [0.2, 0.25) is 0 Å². The molecule has 3 heterocycles. The van der Waals surface area contributed by atoms with E-state index in [4.69, 9.17) is 9.84 Å². The van der Waals surface area contributed by atoms with Crippen LogP contribution in [0.1, 0.15) is 31.2 Å². The average molecular weight is 503 g/mol. The van der Waals surface area contributed by atoms with Crippen molar-refractivity contribution >= 4 is 18.0 Å². The van der Waals surface area contributed by atoms with Gasteiger partial charge < -0.3 is 24.7 Å². The van der Waals surface area contributed by atoms with Gasteiger partial charge in [0.05, 0.1) is 18.4 Å². The van der Waals surface area contributed by atoms with Crippen molar-refractivity contribution in [3.05, 3.63) is 35.9 Å². The first-order valence-electron chi connectivity index (χ1n) is 12.9. The number of amides is 1. The van der Waals surface area contributed by atoms with Crippen molar-refractivity contribution < 1.29 is 29.3 Å². The molecule has 3 aliphatic rings. The highest BCUT2D eigenvalue weighted by molar-refractivity contribution is 5.81. The largest absolute Gasteiger partial charge is 0.481 e. The SMILES string of the molecule is O=C(O)CC1(C(=O)O)CCN(CC2CN(CCCN3CCN(Cc4ccccc4)CC3)C(=O)O2)CC1. The molecule has 4 rings (SSSR count). The van der Waals surface area contributed by atoms with Crippen LogP contribution in [0.3, 0.4) is 0 Å². The normalized spacial score (nSPS) is 23.5. The highest BCUT2D eigenvalue weighted by Gasteiger charge is 2.44. The zero-order valence-corrected chi connectivity index (χ0v) is 20.9. The summed E-state index contributed by atoms with van der Waals surface area (Å²) in [7, 11) is 0. The predicted molar refractivity (Wildman–Crippen MR) is 133 cm³/mol. The molecule has 10 nitrogen and oxygen atoms in total. The molecule has 0 saturated carbocycles. The highest BCUT2D eigenvalue weighted by Crippen LogP contribution is 2.35. The first kappa shape index (κ1) is 26.4. The molecule has 1 unspecified atom stereocenters. The number of carboxylic acid groups (broad SMARTS) is 2. The molecule has 1 aromatic rings. The molecule has 1 aromatic carbocycles. The zero-order valence-electron chi connectivity index (χ0n) is 20.9. The fourth-order valence-corrected chi connectivity index (χ4v) is 5.56. The Morgan fingerprint density at radius 1 is 0.917 bits per heavy atom. The van der Waals surface area contributed by atoms with Crippen LogP contribution in [-0.4, -0.2) is 119 Å². The number of piperidine rings is 1. The van der Waals surface area contributed by atoms with Crippen LogP contribution in [0.15, 0.2) is 30.3 Å². The third kappa shape index (κ3) is 6.96. The molecule has 3 aliphatic heterocycles. The van der Waals surface area contributed by atoms with Crippen LogP contribution in [0.4, 0.5) is 4.79 Å². The number of benzene rings is 1. The van der Waals surface area contributed by atoms with Gasteiger partial charge in [-0.25, -0.2) is 4.79 Å². The molecule has 1 amide bonds. The summed E-state index contributed by atoms with van der Waals surface area (Å²) >= 11 is 0. The lowest BCUT2D eigenvalue weighted by Gasteiger charge is -2.38. The second-order valence-corrected chi connectivity index (χ2v) is 10.4. The molecule has 10 heteroatoms. The Morgan fingerprint density at radius 2 is 1.58 bits per heavy atom. The summed E-state index contributed by atoms with van der Waals surface area (Å²) in [6, 6.07) is 10.5. The van der Waals surface area contributed by atoms with Gasteiger partial charge >= 0.3 is 18.0 Å². The Hall–Kier alpha value is -2.69. The van der Waals surface area contributed by atoms with Crippen LogP contribution in [0.5, 0.6) is 0 Å². The smallest absolute Gasteiger partial charge is 0.410 e. The number of likely N-dealkylation sites (tertiary alicyclic amines) is 1. The van der Waals surface area contributed by atoms with Crippen molar-refractivity contribution in [2.45, 2.75) is 38.3 Å². The van der Waals surface area contributed by atoms with Gasteiger partial charge in [0.1, 0.15) is 6.10 Å². The first-order valence-corrected chi connectivity index (χ1v) is 12.9. The molecule has 0 bridgehead atoms. The third-order valence-electron chi connectivity index (χ3n) is 7.78. The van der Waals surface area contributed by atoms with E-state index in [-0.39, 0.29) is 31.5 Å². The lowest BCUT2D eigenvalue weighted by atomic mass is 9.75. The van der Waals surface area contributed by atoms with Crippen molar-refractivity contribution in [1.82, 2.24) is 19.6 Å². The second kappa shape index (κ2) is 12.0. The number of carbonyl (C=O) groups is 3. The Bertz CT molecular complexity index is 897. The van der Waals surface area contributed by atoms with E-state index in [1.807, 2.05) is 6.07 Å². The maximum Gasteiger partial charge on any atom is 0.410 e. The maximum atomic E-state index is 12.4. The Morgan fingerprint density at radius 3 is 2.22 bits per heavy atom. The first-order chi connectivity index (χ1) is 17.3. The van der Waals surface area contributed by atoms with Gasteiger partial charge in [0, 0.05) is 45.8 Å². The van der Waals surface area contributed by atoms with Gasteiger partial charge in [-0.1, -0.05) is 30.3 Å². The molecule has 0 spiro atoms. The minimum atomic E-state index is -1.20. The molecule has 36 heavy (non-hydrogen) atoms. The number of nitrogens with zero attached hydrogens (tertiary/aromatic N) is 4. The van der Waals surface area contributed by atoms with E-state index in [9.17, 15) is 19.5 Å². The predicted octanol–water partition coefficient (Wildman–Crippen LogP) is 1.66. The molecule has 3 saturated heterocycles. The molecule has 3 fully saturated rings. The number of rotatable bonds is 11. The number of aliphatic carboxylic acids is 2. The Balaban J connectivity index is 1.12. The summed E-state index contributed by atoms with van der Waals surface area (Å²) in [6.45, 7) is 8.86. The van der Waals surface area contributed by atoms with E-state index in [2.05, 4.69) is 39.0 Å². The topological polar surface area (TPSA) is 114 Å². The summed E-state index contributed by atoms with van der Waals surface area (Å²) in [5.74, 6) is -2.12. The van der Waals surface area contributed by atoms with Gasteiger partial charge in [-0.2, -0.15) is 0 Å². The van der Waals surface area contributed by atoms with Gasteiger partial charge in [-0.15, -0.1) is 0 Å². The number of hydrogen-bond acceptors (Lipinski definition) is 7. The molecule has 198 valence electrons. The van der Waals surface area contributed by atoms with Crippen LogP contribution in [-0.2, 0) is 20.9 Å². The standard InChI is InChI=1S/C26H38N4O6/c31-23(32)17-26(24(33)34)7-11-28(12-8-26)19-22-20-30(25(35)36-22)10-4-9-27-13-15-29(16-14-27)18-21-5-2-1-3-6-21/h1-3,5-6,22H,4,7-20H2,(H,31,32)(H,33,34). The molecule has 1 atom stereocenters. The second-order valence-electron chi connectivity index (χ2n) is 10.4. The van der Waals surface area contributed by atoms with Crippen molar-refractivity contribution in [1.29, 1.82) is 0 Å². The number of cyclic esters (lactones) is 1. The molecule has 0 aromatic heterocycles. The van der Waals surface area contributed by atoms with Gasteiger partial charge in [0.2, 0.25) is 0 Å². The highest BCUT2D eigenvalue weighted by atomic mass is 16.6. The van der Waals surface area contributed by atoms with Gasteiger partial charge in [-0.05, 0) is 44.5 Å². The van der Waals surface area contributed by atoms with Gasteiger partial charge in [0.15, 0.2) is 0 Å². The van der Waals surface area contributed by atoms with Gasteiger partial charge in [-0.3, -0.25) is 19.4 Å². The lowest BCUT2D eigenvalue weighted by molar-refractivity contribution is -0.159.